The smallest absolute Gasteiger partial charge is 0.0888 e. The monoisotopic (exact) mass is 257 g/mol. The van der Waals surface area contributed by atoms with Crippen LogP contribution in [-0.2, 0) is 11.8 Å². The van der Waals surface area contributed by atoms with E-state index in [2.05, 4.69) is 17.3 Å². The van der Waals surface area contributed by atoms with Gasteiger partial charge in [-0.25, -0.2) is 0 Å². The largest absolute Gasteiger partial charge is 0.376 e. The van der Waals surface area contributed by atoms with Gasteiger partial charge in [-0.1, -0.05) is 18.5 Å². The fraction of sp³-hybridized carbons (Fsp3) is 0.750. The summed E-state index contributed by atoms with van der Waals surface area (Å²) in [4.78, 5) is 0. The molecule has 96 valence electrons. The van der Waals surface area contributed by atoms with Gasteiger partial charge in [-0.15, -0.1) is 0 Å². The fourth-order valence-corrected chi connectivity index (χ4v) is 2.89. The van der Waals surface area contributed by atoms with Gasteiger partial charge in [-0.3, -0.25) is 4.68 Å². The quantitative estimate of drug-likeness (QED) is 0.880. The summed E-state index contributed by atoms with van der Waals surface area (Å²) in [5, 5.41) is 8.41. The van der Waals surface area contributed by atoms with E-state index < -0.39 is 0 Å². The van der Waals surface area contributed by atoms with E-state index in [-0.39, 0.29) is 11.6 Å². The van der Waals surface area contributed by atoms with Crippen molar-refractivity contribution in [3.05, 3.63) is 16.9 Å². The van der Waals surface area contributed by atoms with Crippen LogP contribution < -0.4 is 5.32 Å². The lowest BCUT2D eigenvalue weighted by Gasteiger charge is -2.46. The van der Waals surface area contributed by atoms with Crippen molar-refractivity contribution >= 4 is 11.6 Å². The maximum Gasteiger partial charge on any atom is 0.0888 e. The summed E-state index contributed by atoms with van der Waals surface area (Å²) < 4.78 is 7.60. The summed E-state index contributed by atoms with van der Waals surface area (Å²) in [6, 6.07) is 0.117. The summed E-state index contributed by atoms with van der Waals surface area (Å²) in [5.74, 6) is 0. The van der Waals surface area contributed by atoms with Gasteiger partial charge in [-0.05, 0) is 25.8 Å². The zero-order chi connectivity index (χ0) is 12.5. The van der Waals surface area contributed by atoms with Crippen molar-refractivity contribution in [3.8, 4) is 0 Å². The molecule has 1 N–H and O–H groups in total. The van der Waals surface area contributed by atoms with E-state index in [1.165, 1.54) is 6.42 Å². The van der Waals surface area contributed by atoms with Crippen molar-refractivity contribution in [2.24, 2.45) is 7.05 Å². The van der Waals surface area contributed by atoms with Gasteiger partial charge < -0.3 is 10.1 Å². The first-order chi connectivity index (χ1) is 8.14. The molecule has 5 heteroatoms. The van der Waals surface area contributed by atoms with Crippen LogP contribution >= 0.6 is 11.6 Å². The van der Waals surface area contributed by atoms with Gasteiger partial charge in [0.05, 0.1) is 28.6 Å². The minimum absolute atomic E-state index is 0.117. The van der Waals surface area contributed by atoms with Gasteiger partial charge in [0.2, 0.25) is 0 Å². The molecule has 1 heterocycles. The predicted molar refractivity (Wildman–Crippen MR) is 68.2 cm³/mol. The third-order valence-electron chi connectivity index (χ3n) is 3.75. The molecule has 0 radical (unpaired) electrons. The minimum Gasteiger partial charge on any atom is -0.376 e. The number of hydrogen-bond acceptors (Lipinski definition) is 3. The summed E-state index contributed by atoms with van der Waals surface area (Å²) in [5.41, 5.74) is 0.906. The zero-order valence-corrected chi connectivity index (χ0v) is 11.4. The third kappa shape index (κ3) is 2.09. The van der Waals surface area contributed by atoms with Crippen molar-refractivity contribution in [1.82, 2.24) is 15.1 Å². The number of halogens is 1. The van der Waals surface area contributed by atoms with E-state index >= 15 is 0 Å². The van der Waals surface area contributed by atoms with E-state index in [0.29, 0.717) is 5.02 Å². The van der Waals surface area contributed by atoms with E-state index in [1.54, 1.807) is 13.3 Å². The first-order valence-electron chi connectivity index (χ1n) is 6.10. The molecule has 1 saturated carbocycles. The molecule has 0 spiro atoms. The van der Waals surface area contributed by atoms with E-state index in [0.717, 1.165) is 25.1 Å². The summed E-state index contributed by atoms with van der Waals surface area (Å²) in [7, 11) is 3.71. The summed E-state index contributed by atoms with van der Waals surface area (Å²) >= 11 is 6.24. The standard InChI is InChI=1S/C12H20ClN3O/c1-4-14-11(12(17-3)6-5-7-12)10-9(13)8-15-16(10)2/h8,11,14H,4-7H2,1-3H3. The topological polar surface area (TPSA) is 39.1 Å². The molecule has 1 atom stereocenters. The molecule has 1 aliphatic rings. The van der Waals surface area contributed by atoms with Crippen LogP contribution in [0.1, 0.15) is 37.9 Å². The Hall–Kier alpha value is -0.580. The van der Waals surface area contributed by atoms with Gasteiger partial charge in [0.25, 0.3) is 0 Å². The van der Waals surface area contributed by atoms with Crippen molar-refractivity contribution in [2.45, 2.75) is 37.8 Å². The fourth-order valence-electron chi connectivity index (χ4n) is 2.62. The summed E-state index contributed by atoms with van der Waals surface area (Å²) in [6.45, 7) is 2.98. The molecular formula is C12H20ClN3O. The van der Waals surface area contributed by atoms with E-state index in [9.17, 15) is 0 Å². The van der Waals surface area contributed by atoms with Crippen LogP contribution in [-0.4, -0.2) is 29.0 Å². The second kappa shape index (κ2) is 4.96. The highest BCUT2D eigenvalue weighted by molar-refractivity contribution is 6.31. The lowest BCUT2D eigenvalue weighted by Crippen LogP contribution is -2.51. The van der Waals surface area contributed by atoms with E-state index in [4.69, 9.17) is 16.3 Å². The van der Waals surface area contributed by atoms with Gasteiger partial charge in [0.15, 0.2) is 0 Å². The molecule has 4 nitrogen and oxygen atoms in total. The van der Waals surface area contributed by atoms with Crippen molar-refractivity contribution < 1.29 is 4.74 Å². The average molecular weight is 258 g/mol. The minimum atomic E-state index is -0.118. The summed E-state index contributed by atoms with van der Waals surface area (Å²) in [6.07, 6.45) is 5.06. The lowest BCUT2D eigenvalue weighted by atomic mass is 9.73. The molecule has 17 heavy (non-hydrogen) atoms. The Labute approximate surface area is 107 Å². The molecular weight excluding hydrogens is 238 g/mol. The number of nitrogens with one attached hydrogen (secondary N) is 1. The van der Waals surface area contributed by atoms with E-state index in [1.807, 2.05) is 11.7 Å². The first-order valence-corrected chi connectivity index (χ1v) is 6.48. The van der Waals surface area contributed by atoms with Crippen LogP contribution in [0.2, 0.25) is 5.02 Å². The molecule has 1 fully saturated rings. The number of hydrogen-bond donors (Lipinski definition) is 1. The van der Waals surface area contributed by atoms with Crippen molar-refractivity contribution in [3.63, 3.8) is 0 Å². The van der Waals surface area contributed by atoms with Crippen molar-refractivity contribution in [1.29, 1.82) is 0 Å². The number of rotatable bonds is 5. The number of ether oxygens (including phenoxy) is 1. The van der Waals surface area contributed by atoms with Gasteiger partial charge in [0.1, 0.15) is 0 Å². The normalized spacial score (nSPS) is 20.0. The molecule has 1 aliphatic carbocycles. The molecule has 0 aliphatic heterocycles. The Morgan fingerprint density at radius 2 is 2.35 bits per heavy atom. The maximum absolute atomic E-state index is 6.24. The number of nitrogens with zero attached hydrogens (tertiary/aromatic N) is 2. The van der Waals surface area contributed by atoms with Crippen LogP contribution in [0.15, 0.2) is 6.20 Å². The first kappa shape index (κ1) is 12.9. The maximum atomic E-state index is 6.24. The molecule has 1 aromatic heterocycles. The van der Waals surface area contributed by atoms with Crippen LogP contribution in [0.25, 0.3) is 0 Å². The highest BCUT2D eigenvalue weighted by Gasteiger charge is 2.46. The number of methoxy groups -OCH3 is 1. The molecule has 1 aromatic rings. The Kier molecular flexibility index (Phi) is 3.76. The molecule has 0 saturated heterocycles. The predicted octanol–water partition coefficient (Wildman–Crippen LogP) is 2.29. The van der Waals surface area contributed by atoms with Crippen LogP contribution in [0, 0.1) is 0 Å². The Morgan fingerprint density at radius 1 is 1.65 bits per heavy atom. The number of likely N-dealkylation sites (N-methyl/N-ethyl adjacent to an activating group) is 1. The van der Waals surface area contributed by atoms with Crippen LogP contribution in [0.5, 0.6) is 0 Å². The molecule has 0 amide bonds. The average Bonchev–Trinajstić information content (AvgIpc) is 2.57. The Morgan fingerprint density at radius 3 is 2.71 bits per heavy atom. The Balaban J connectivity index is 2.35. The van der Waals surface area contributed by atoms with Gasteiger partial charge in [-0.2, -0.15) is 5.10 Å². The van der Waals surface area contributed by atoms with Gasteiger partial charge >= 0.3 is 0 Å². The van der Waals surface area contributed by atoms with Crippen LogP contribution in [0.3, 0.4) is 0 Å². The van der Waals surface area contributed by atoms with Crippen molar-refractivity contribution in [2.75, 3.05) is 13.7 Å². The second-order valence-electron chi connectivity index (χ2n) is 4.61. The molecule has 2 rings (SSSR count). The Bertz CT molecular complexity index is 362. The molecule has 0 bridgehead atoms. The third-order valence-corrected chi connectivity index (χ3v) is 4.04. The zero-order valence-electron chi connectivity index (χ0n) is 10.7. The molecule has 1 unspecified atom stereocenters. The number of aryl methyl sites for hydroxylation is 1. The lowest BCUT2D eigenvalue weighted by molar-refractivity contribution is -0.101. The van der Waals surface area contributed by atoms with Crippen LogP contribution in [0.4, 0.5) is 0 Å². The SMILES string of the molecule is CCNC(c1c(Cl)cnn1C)C1(OC)CCC1. The molecule has 0 aromatic carbocycles. The van der Waals surface area contributed by atoms with Gasteiger partial charge in [0, 0.05) is 14.2 Å². The highest BCUT2D eigenvalue weighted by atomic mass is 35.5. The highest BCUT2D eigenvalue weighted by Crippen LogP contribution is 2.46. The number of aromatic nitrogens is 2. The second-order valence-corrected chi connectivity index (χ2v) is 5.02.